The van der Waals surface area contributed by atoms with Crippen LogP contribution in [-0.4, -0.2) is 23.0 Å². The van der Waals surface area contributed by atoms with Gasteiger partial charge in [-0.25, -0.2) is 0 Å². The average Bonchev–Trinajstić information content (AvgIpc) is 3.12. The lowest BCUT2D eigenvalue weighted by Gasteiger charge is -2.29. The number of amides is 1. The van der Waals surface area contributed by atoms with Gasteiger partial charge in [-0.15, -0.1) is 0 Å². The normalized spacial score (nSPS) is 18.2. The Morgan fingerprint density at radius 1 is 1.61 bits per heavy atom. The Labute approximate surface area is 106 Å². The number of aryl methyl sites for hydroxylation is 1. The summed E-state index contributed by atoms with van der Waals surface area (Å²) >= 11 is 0. The van der Waals surface area contributed by atoms with Gasteiger partial charge in [-0.05, 0) is 32.6 Å². The van der Waals surface area contributed by atoms with Gasteiger partial charge in [0, 0.05) is 24.5 Å². The van der Waals surface area contributed by atoms with Gasteiger partial charge in [0.05, 0.1) is 5.54 Å². The molecule has 1 aliphatic rings. The number of carbonyl (C=O) groups is 1. The second kappa shape index (κ2) is 4.57. The average molecular weight is 249 g/mol. The van der Waals surface area contributed by atoms with E-state index in [2.05, 4.69) is 10.3 Å². The molecule has 1 unspecified atom stereocenters. The number of aromatic amines is 1. The van der Waals surface area contributed by atoms with Gasteiger partial charge in [-0.2, -0.15) is 0 Å². The first kappa shape index (κ1) is 12.8. The van der Waals surface area contributed by atoms with E-state index >= 15 is 0 Å². The molecule has 1 saturated carbocycles. The van der Waals surface area contributed by atoms with Crippen molar-refractivity contribution in [2.24, 2.45) is 11.7 Å². The summed E-state index contributed by atoms with van der Waals surface area (Å²) in [5, 5.41) is 2.90. The fraction of sp³-hybridized carbons (Fsp3) is 0.538. The van der Waals surface area contributed by atoms with Crippen molar-refractivity contribution in [3.8, 4) is 0 Å². The van der Waals surface area contributed by atoms with E-state index in [9.17, 15) is 9.59 Å². The maximum absolute atomic E-state index is 12.1. The van der Waals surface area contributed by atoms with Gasteiger partial charge < -0.3 is 16.0 Å². The number of hydrogen-bond acceptors (Lipinski definition) is 3. The molecule has 5 heteroatoms. The third-order valence-electron chi connectivity index (χ3n) is 3.60. The number of pyridine rings is 1. The van der Waals surface area contributed by atoms with Crippen LogP contribution in [0.2, 0.25) is 0 Å². The zero-order chi connectivity index (χ0) is 13.3. The molecule has 1 aromatic rings. The van der Waals surface area contributed by atoms with Gasteiger partial charge in [0.2, 0.25) is 0 Å². The van der Waals surface area contributed by atoms with E-state index in [1.807, 2.05) is 6.92 Å². The van der Waals surface area contributed by atoms with E-state index in [1.54, 1.807) is 6.92 Å². The second-order valence-corrected chi connectivity index (χ2v) is 5.24. The van der Waals surface area contributed by atoms with E-state index in [-0.39, 0.29) is 16.9 Å². The van der Waals surface area contributed by atoms with Crippen LogP contribution in [0.15, 0.2) is 17.1 Å². The van der Waals surface area contributed by atoms with E-state index in [1.165, 1.54) is 12.3 Å². The predicted octanol–water partition coefficient (Wildman–Crippen LogP) is 0.541. The van der Waals surface area contributed by atoms with Gasteiger partial charge in [0.25, 0.3) is 5.91 Å². The summed E-state index contributed by atoms with van der Waals surface area (Å²) in [4.78, 5) is 26.7. The molecule has 5 nitrogen and oxygen atoms in total. The van der Waals surface area contributed by atoms with Crippen LogP contribution >= 0.6 is 0 Å². The number of carbonyl (C=O) groups excluding carboxylic acids is 1. The molecule has 0 spiro atoms. The SMILES string of the molecule is Cc1cc(=O)c(C(=O)NC(C)(CN)C2CC2)c[nH]1. The summed E-state index contributed by atoms with van der Waals surface area (Å²) in [6, 6.07) is 1.42. The number of H-pyrrole nitrogens is 1. The summed E-state index contributed by atoms with van der Waals surface area (Å²) in [5.41, 5.74) is 5.94. The standard InChI is InChI=1S/C13H19N3O2/c1-8-5-11(17)10(6-15-8)12(18)16-13(2,7-14)9-3-4-9/h5-6,9H,3-4,7,14H2,1-2H3,(H,15,17)(H,16,18). The molecule has 1 heterocycles. The first-order valence-corrected chi connectivity index (χ1v) is 6.18. The van der Waals surface area contributed by atoms with E-state index in [0.717, 1.165) is 18.5 Å². The summed E-state index contributed by atoms with van der Waals surface area (Å²) in [6.07, 6.45) is 3.62. The van der Waals surface area contributed by atoms with Crippen LogP contribution in [0, 0.1) is 12.8 Å². The Morgan fingerprint density at radius 3 is 2.78 bits per heavy atom. The van der Waals surface area contributed by atoms with Gasteiger partial charge in [0.1, 0.15) is 5.56 Å². The van der Waals surface area contributed by atoms with E-state index < -0.39 is 5.54 Å². The smallest absolute Gasteiger partial charge is 0.257 e. The molecule has 4 N–H and O–H groups in total. The van der Waals surface area contributed by atoms with E-state index in [0.29, 0.717) is 12.5 Å². The number of aromatic nitrogens is 1. The topological polar surface area (TPSA) is 88.0 Å². The second-order valence-electron chi connectivity index (χ2n) is 5.24. The molecule has 18 heavy (non-hydrogen) atoms. The maximum Gasteiger partial charge on any atom is 0.257 e. The predicted molar refractivity (Wildman–Crippen MR) is 69.4 cm³/mol. The molecule has 2 rings (SSSR count). The highest BCUT2D eigenvalue weighted by molar-refractivity contribution is 5.94. The Kier molecular flexibility index (Phi) is 3.26. The van der Waals surface area contributed by atoms with Gasteiger partial charge >= 0.3 is 0 Å². The molecule has 1 aliphatic carbocycles. The molecular formula is C13H19N3O2. The van der Waals surface area contributed by atoms with Gasteiger partial charge in [0.15, 0.2) is 5.43 Å². The molecule has 1 fully saturated rings. The summed E-state index contributed by atoms with van der Waals surface area (Å²) in [7, 11) is 0. The Morgan fingerprint density at radius 2 is 2.28 bits per heavy atom. The molecule has 0 saturated heterocycles. The third-order valence-corrected chi connectivity index (χ3v) is 3.60. The minimum atomic E-state index is -0.408. The van der Waals surface area contributed by atoms with Crippen molar-refractivity contribution >= 4 is 5.91 Å². The number of nitrogens with two attached hydrogens (primary N) is 1. The fourth-order valence-corrected chi connectivity index (χ4v) is 2.12. The molecular weight excluding hydrogens is 230 g/mol. The summed E-state index contributed by atoms with van der Waals surface area (Å²) in [5.74, 6) is 0.0760. The summed E-state index contributed by atoms with van der Waals surface area (Å²) < 4.78 is 0. The molecule has 0 aliphatic heterocycles. The quantitative estimate of drug-likeness (QED) is 0.727. The minimum Gasteiger partial charge on any atom is -0.364 e. The summed E-state index contributed by atoms with van der Waals surface area (Å²) in [6.45, 7) is 4.09. The van der Waals surface area contributed by atoms with Crippen molar-refractivity contribution in [2.75, 3.05) is 6.54 Å². The maximum atomic E-state index is 12.1. The molecule has 1 atom stereocenters. The number of hydrogen-bond donors (Lipinski definition) is 3. The van der Waals surface area contributed by atoms with Gasteiger partial charge in [-0.1, -0.05) is 0 Å². The highest BCUT2D eigenvalue weighted by Gasteiger charge is 2.41. The first-order chi connectivity index (χ1) is 8.46. The first-order valence-electron chi connectivity index (χ1n) is 6.18. The van der Waals surface area contributed by atoms with Crippen LogP contribution in [-0.2, 0) is 0 Å². The van der Waals surface area contributed by atoms with Crippen molar-refractivity contribution < 1.29 is 4.79 Å². The number of nitrogens with one attached hydrogen (secondary N) is 2. The number of rotatable bonds is 4. The van der Waals surface area contributed by atoms with Crippen molar-refractivity contribution in [2.45, 2.75) is 32.2 Å². The molecule has 98 valence electrons. The molecule has 1 aromatic heterocycles. The van der Waals surface area contributed by atoms with Crippen molar-refractivity contribution in [1.29, 1.82) is 0 Å². The van der Waals surface area contributed by atoms with Gasteiger partial charge in [-0.3, -0.25) is 9.59 Å². The monoisotopic (exact) mass is 249 g/mol. The highest BCUT2D eigenvalue weighted by atomic mass is 16.2. The van der Waals surface area contributed by atoms with Crippen LogP contribution in [0.25, 0.3) is 0 Å². The lowest BCUT2D eigenvalue weighted by molar-refractivity contribution is 0.0896. The van der Waals surface area contributed by atoms with E-state index in [4.69, 9.17) is 5.73 Å². The zero-order valence-electron chi connectivity index (χ0n) is 10.7. The Hall–Kier alpha value is -1.62. The fourth-order valence-electron chi connectivity index (χ4n) is 2.12. The Bertz CT molecular complexity index is 519. The Balaban J connectivity index is 2.19. The minimum absolute atomic E-state index is 0.140. The lowest BCUT2D eigenvalue weighted by Crippen LogP contribution is -2.53. The molecule has 0 radical (unpaired) electrons. The zero-order valence-corrected chi connectivity index (χ0v) is 10.7. The van der Waals surface area contributed by atoms with Crippen LogP contribution in [0.4, 0.5) is 0 Å². The lowest BCUT2D eigenvalue weighted by atomic mass is 9.95. The van der Waals surface area contributed by atoms with Crippen molar-refractivity contribution in [1.82, 2.24) is 10.3 Å². The van der Waals surface area contributed by atoms with Crippen LogP contribution in [0.3, 0.4) is 0 Å². The largest absolute Gasteiger partial charge is 0.364 e. The van der Waals surface area contributed by atoms with Crippen LogP contribution < -0.4 is 16.5 Å². The molecule has 1 amide bonds. The van der Waals surface area contributed by atoms with Crippen LogP contribution in [0.5, 0.6) is 0 Å². The molecule has 0 bridgehead atoms. The third kappa shape index (κ3) is 2.46. The van der Waals surface area contributed by atoms with Crippen molar-refractivity contribution in [3.63, 3.8) is 0 Å². The van der Waals surface area contributed by atoms with Crippen molar-refractivity contribution in [3.05, 3.63) is 33.7 Å². The molecule has 0 aromatic carbocycles. The highest BCUT2D eigenvalue weighted by Crippen LogP contribution is 2.39. The van der Waals surface area contributed by atoms with Crippen LogP contribution in [0.1, 0.15) is 35.8 Å².